The van der Waals surface area contributed by atoms with Crippen LogP contribution < -0.4 is 10.1 Å². The Hall–Kier alpha value is -3.98. The van der Waals surface area contributed by atoms with E-state index in [0.29, 0.717) is 25.1 Å². The molecule has 7 rings (SSSR count). The van der Waals surface area contributed by atoms with E-state index in [1.54, 1.807) is 4.90 Å². The first kappa shape index (κ1) is 24.1. The van der Waals surface area contributed by atoms with Crippen LogP contribution in [0.15, 0.2) is 54.9 Å². The lowest BCUT2D eigenvalue weighted by molar-refractivity contribution is -0.136. The van der Waals surface area contributed by atoms with Crippen molar-refractivity contribution in [1.82, 2.24) is 24.9 Å². The number of carbonyl (C=O) groups excluding carboxylic acids is 3. The molecule has 3 amide bonds. The van der Waals surface area contributed by atoms with Gasteiger partial charge in [-0.2, -0.15) is 5.10 Å². The quantitative estimate of drug-likeness (QED) is 0.515. The molecule has 3 aromatic rings. The summed E-state index contributed by atoms with van der Waals surface area (Å²) in [6.07, 6.45) is 6.70. The normalized spacial score (nSPS) is 22.1. The molecule has 2 aromatic carbocycles. The van der Waals surface area contributed by atoms with E-state index >= 15 is 0 Å². The maximum absolute atomic E-state index is 13.2. The van der Waals surface area contributed by atoms with E-state index in [9.17, 15) is 14.4 Å². The van der Waals surface area contributed by atoms with E-state index in [2.05, 4.69) is 51.8 Å². The Bertz CT molecular complexity index is 1460. The number of nitrogens with zero attached hydrogens (tertiary/aromatic N) is 4. The number of rotatable bonds is 5. The number of fused-ring (bicyclic) bond motifs is 3. The molecule has 4 aliphatic rings. The Morgan fingerprint density at radius 2 is 1.85 bits per heavy atom. The van der Waals surface area contributed by atoms with Crippen molar-refractivity contribution in [2.45, 2.75) is 56.8 Å². The van der Waals surface area contributed by atoms with E-state index < -0.39 is 6.04 Å². The Kier molecular flexibility index (Phi) is 5.77. The minimum atomic E-state index is -0.604. The molecule has 39 heavy (non-hydrogen) atoms. The zero-order valence-corrected chi connectivity index (χ0v) is 21.8. The van der Waals surface area contributed by atoms with Gasteiger partial charge < -0.3 is 9.64 Å². The predicted molar refractivity (Wildman–Crippen MR) is 142 cm³/mol. The van der Waals surface area contributed by atoms with Crippen LogP contribution >= 0.6 is 0 Å². The van der Waals surface area contributed by atoms with Crippen LogP contribution in [0.2, 0.25) is 0 Å². The molecule has 1 aromatic heterocycles. The Balaban J connectivity index is 1.02. The van der Waals surface area contributed by atoms with Gasteiger partial charge >= 0.3 is 0 Å². The summed E-state index contributed by atoms with van der Waals surface area (Å²) in [6.45, 7) is 4.60. The number of carbonyl (C=O) groups is 3. The number of hydrogen-bond donors (Lipinski definition) is 1. The molecule has 0 saturated carbocycles. The van der Waals surface area contributed by atoms with E-state index in [1.165, 1.54) is 16.7 Å². The Morgan fingerprint density at radius 1 is 1.03 bits per heavy atom. The van der Waals surface area contributed by atoms with Gasteiger partial charge in [-0.1, -0.05) is 30.3 Å². The molecule has 0 aliphatic carbocycles. The highest BCUT2D eigenvalue weighted by Crippen LogP contribution is 2.48. The molecule has 1 atom stereocenters. The first-order chi connectivity index (χ1) is 19.0. The minimum Gasteiger partial charge on any atom is -0.492 e. The first-order valence-corrected chi connectivity index (χ1v) is 13.7. The van der Waals surface area contributed by atoms with Gasteiger partial charge in [0, 0.05) is 47.8 Å². The van der Waals surface area contributed by atoms with Crippen LogP contribution in [0.5, 0.6) is 5.75 Å². The Labute approximate surface area is 226 Å². The number of piperidine rings is 2. The standard InChI is InChI=1S/C30H31N5O4/c36-27-7-6-25(28(37)32-27)35-18-22-12-24-26(13-23(22)29(35)38)39-19-30(24)8-10-33(11-9-30)15-21-14-31-34(17-21)16-20-4-2-1-3-5-20/h1-5,12-14,17,25H,6-11,15-16,18-19H2,(H,32,36,37). The average molecular weight is 526 g/mol. The smallest absolute Gasteiger partial charge is 0.255 e. The molecule has 200 valence electrons. The third kappa shape index (κ3) is 4.30. The van der Waals surface area contributed by atoms with Crippen molar-refractivity contribution in [2.75, 3.05) is 19.7 Å². The fourth-order valence-electron chi connectivity index (χ4n) is 6.58. The van der Waals surface area contributed by atoms with E-state index in [0.717, 1.165) is 50.3 Å². The lowest BCUT2D eigenvalue weighted by atomic mass is 9.74. The van der Waals surface area contributed by atoms with E-state index in [-0.39, 0.29) is 29.6 Å². The maximum Gasteiger partial charge on any atom is 0.255 e. The third-order valence-corrected chi connectivity index (χ3v) is 8.79. The second-order valence-electron chi connectivity index (χ2n) is 11.3. The average Bonchev–Trinajstić information content (AvgIpc) is 3.62. The van der Waals surface area contributed by atoms with E-state index in [1.807, 2.05) is 23.0 Å². The summed E-state index contributed by atoms with van der Waals surface area (Å²) in [5, 5.41) is 6.93. The number of ether oxygens (including phenoxy) is 1. The van der Waals surface area contributed by atoms with Gasteiger partial charge in [-0.05, 0) is 55.6 Å². The van der Waals surface area contributed by atoms with Crippen molar-refractivity contribution < 1.29 is 19.1 Å². The largest absolute Gasteiger partial charge is 0.492 e. The van der Waals surface area contributed by atoms with Gasteiger partial charge in [0.2, 0.25) is 11.8 Å². The van der Waals surface area contributed by atoms with Crippen LogP contribution in [0, 0.1) is 0 Å². The van der Waals surface area contributed by atoms with Gasteiger partial charge in [0.15, 0.2) is 0 Å². The molecule has 2 fully saturated rings. The zero-order valence-electron chi connectivity index (χ0n) is 21.8. The summed E-state index contributed by atoms with van der Waals surface area (Å²) >= 11 is 0. The summed E-state index contributed by atoms with van der Waals surface area (Å²) in [5.74, 6) is -0.0231. The van der Waals surface area contributed by atoms with Gasteiger partial charge in [-0.15, -0.1) is 0 Å². The molecule has 9 heteroatoms. The third-order valence-electron chi connectivity index (χ3n) is 8.79. The molecule has 9 nitrogen and oxygen atoms in total. The van der Waals surface area contributed by atoms with Crippen molar-refractivity contribution in [2.24, 2.45) is 0 Å². The molecule has 0 bridgehead atoms. The second kappa shape index (κ2) is 9.34. The van der Waals surface area contributed by atoms with Crippen LogP contribution in [-0.4, -0.2) is 63.0 Å². The van der Waals surface area contributed by atoms with Crippen molar-refractivity contribution in [3.63, 3.8) is 0 Å². The number of aromatic nitrogens is 2. The van der Waals surface area contributed by atoms with Gasteiger partial charge in [0.25, 0.3) is 5.91 Å². The monoisotopic (exact) mass is 525 g/mol. The van der Waals surface area contributed by atoms with Crippen molar-refractivity contribution >= 4 is 17.7 Å². The minimum absolute atomic E-state index is 0.0521. The van der Waals surface area contributed by atoms with Crippen LogP contribution in [0.3, 0.4) is 0 Å². The summed E-state index contributed by atoms with van der Waals surface area (Å²) in [4.78, 5) is 41.3. The molecule has 1 unspecified atom stereocenters. The summed E-state index contributed by atoms with van der Waals surface area (Å²) in [7, 11) is 0. The number of nitrogens with one attached hydrogen (secondary N) is 1. The molecular formula is C30H31N5O4. The summed E-state index contributed by atoms with van der Waals surface area (Å²) in [5.41, 5.74) is 5.15. The highest BCUT2D eigenvalue weighted by atomic mass is 16.5. The zero-order chi connectivity index (χ0) is 26.6. The SMILES string of the molecule is O=C1CCC(N2Cc3cc4c(cc3C2=O)OCC42CCN(Cc3cnn(Cc4ccccc4)c3)CC2)C(=O)N1. The Morgan fingerprint density at radius 3 is 2.64 bits per heavy atom. The predicted octanol–water partition coefficient (Wildman–Crippen LogP) is 2.62. The number of hydrogen-bond acceptors (Lipinski definition) is 6. The van der Waals surface area contributed by atoms with Crippen molar-refractivity contribution in [3.05, 3.63) is 82.7 Å². The van der Waals surface area contributed by atoms with Crippen LogP contribution in [0.25, 0.3) is 0 Å². The van der Waals surface area contributed by atoms with E-state index in [4.69, 9.17) is 4.74 Å². The molecule has 0 radical (unpaired) electrons. The van der Waals surface area contributed by atoms with Gasteiger partial charge in [0.1, 0.15) is 11.8 Å². The van der Waals surface area contributed by atoms with Crippen molar-refractivity contribution in [3.8, 4) is 5.75 Å². The number of imide groups is 1. The number of benzene rings is 2. The topological polar surface area (TPSA) is 96.8 Å². The van der Waals surface area contributed by atoms with Crippen LogP contribution in [0.1, 0.15) is 58.3 Å². The lowest BCUT2D eigenvalue weighted by Gasteiger charge is -2.38. The highest BCUT2D eigenvalue weighted by Gasteiger charge is 2.46. The fraction of sp³-hybridized carbons (Fsp3) is 0.400. The highest BCUT2D eigenvalue weighted by molar-refractivity contribution is 6.05. The molecule has 1 spiro atoms. The summed E-state index contributed by atoms with van der Waals surface area (Å²) in [6, 6.07) is 13.8. The maximum atomic E-state index is 13.2. The van der Waals surface area contributed by atoms with Gasteiger partial charge in [-0.25, -0.2) is 0 Å². The molecule has 5 heterocycles. The summed E-state index contributed by atoms with van der Waals surface area (Å²) < 4.78 is 8.17. The second-order valence-corrected chi connectivity index (χ2v) is 11.3. The van der Waals surface area contributed by atoms with Gasteiger partial charge in [0.05, 0.1) is 19.3 Å². The molecule has 1 N–H and O–H groups in total. The number of amides is 3. The van der Waals surface area contributed by atoms with Crippen molar-refractivity contribution in [1.29, 1.82) is 0 Å². The van der Waals surface area contributed by atoms with Crippen LogP contribution in [0.4, 0.5) is 0 Å². The number of likely N-dealkylation sites (tertiary alicyclic amines) is 1. The molecular weight excluding hydrogens is 494 g/mol. The lowest BCUT2D eigenvalue weighted by Crippen LogP contribution is -2.52. The van der Waals surface area contributed by atoms with Crippen LogP contribution in [-0.2, 0) is 34.6 Å². The molecule has 4 aliphatic heterocycles. The van der Waals surface area contributed by atoms with Gasteiger partial charge in [-0.3, -0.25) is 29.3 Å². The fourth-order valence-corrected chi connectivity index (χ4v) is 6.58. The molecule has 2 saturated heterocycles. The first-order valence-electron chi connectivity index (χ1n) is 13.7.